The van der Waals surface area contributed by atoms with Crippen molar-refractivity contribution >= 4 is 0 Å². The molecule has 2 nitrogen and oxygen atoms in total. The van der Waals surface area contributed by atoms with Crippen LogP contribution in [-0.2, 0) is 0 Å². The Morgan fingerprint density at radius 2 is 1.54 bits per heavy atom. The first-order valence-electron chi connectivity index (χ1n) is 9.81. The van der Waals surface area contributed by atoms with Crippen molar-refractivity contribution in [1.29, 1.82) is 0 Å². The van der Waals surface area contributed by atoms with Crippen molar-refractivity contribution in [2.45, 2.75) is 50.8 Å². The second-order valence-electron chi connectivity index (χ2n) is 7.61. The van der Waals surface area contributed by atoms with E-state index in [1.807, 2.05) is 18.2 Å². The Hall–Kier alpha value is -1.90. The average molecular weight is 350 g/mol. The highest BCUT2D eigenvalue weighted by Crippen LogP contribution is 2.50. The highest BCUT2D eigenvalue weighted by Gasteiger charge is 2.51. The predicted octanol–water partition coefficient (Wildman–Crippen LogP) is 5.43. The zero-order chi connectivity index (χ0) is 18.6. The first-order valence-corrected chi connectivity index (χ1v) is 9.81. The van der Waals surface area contributed by atoms with Crippen molar-refractivity contribution < 1.29 is 5.11 Å². The van der Waals surface area contributed by atoms with E-state index in [1.54, 1.807) is 0 Å². The van der Waals surface area contributed by atoms with Gasteiger partial charge in [0.05, 0.1) is 5.60 Å². The number of hydrogen-bond donors (Lipinski definition) is 2. The average Bonchev–Trinajstić information content (AvgIpc) is 2.68. The quantitative estimate of drug-likeness (QED) is 0.681. The minimum Gasteiger partial charge on any atom is -0.389 e. The van der Waals surface area contributed by atoms with Gasteiger partial charge in [-0.2, -0.15) is 0 Å². The lowest BCUT2D eigenvalue weighted by Gasteiger charge is -2.53. The molecule has 1 fully saturated rings. The molecular formula is C24H31NO. The van der Waals surface area contributed by atoms with Crippen LogP contribution in [0.1, 0.15) is 56.3 Å². The topological polar surface area (TPSA) is 32.3 Å². The van der Waals surface area contributed by atoms with Crippen LogP contribution in [0.15, 0.2) is 73.3 Å². The van der Waals surface area contributed by atoms with Crippen LogP contribution < -0.4 is 5.32 Å². The van der Waals surface area contributed by atoms with Crippen LogP contribution in [0.25, 0.3) is 0 Å². The molecule has 1 saturated heterocycles. The molecule has 3 rings (SSSR count). The summed E-state index contributed by atoms with van der Waals surface area (Å²) in [5.74, 6) is 0.252. The molecule has 2 aromatic rings. The normalized spacial score (nSPS) is 31.5. The summed E-state index contributed by atoms with van der Waals surface area (Å²) in [5, 5.41) is 15.8. The van der Waals surface area contributed by atoms with Crippen LogP contribution in [0.3, 0.4) is 0 Å². The van der Waals surface area contributed by atoms with Gasteiger partial charge < -0.3 is 10.4 Å². The first-order chi connectivity index (χ1) is 12.6. The van der Waals surface area contributed by atoms with E-state index in [4.69, 9.17) is 0 Å². The summed E-state index contributed by atoms with van der Waals surface area (Å²) in [5.41, 5.74) is 1.71. The van der Waals surface area contributed by atoms with Crippen molar-refractivity contribution in [3.8, 4) is 0 Å². The van der Waals surface area contributed by atoms with E-state index < -0.39 is 5.60 Å². The van der Waals surface area contributed by atoms with Crippen molar-refractivity contribution in [2.75, 3.05) is 0 Å². The SMILES string of the molecule is C=CC[C@]1(O)[C@@H](C)[C@@H](c2ccccc2)N[C@@H](c2ccccc2)[C@@H]1CCC. The third-order valence-electron chi connectivity index (χ3n) is 6.08. The van der Waals surface area contributed by atoms with Gasteiger partial charge in [-0.05, 0) is 24.0 Å². The maximum absolute atomic E-state index is 11.9. The fourth-order valence-corrected chi connectivity index (χ4v) is 4.70. The molecule has 0 amide bonds. The molecule has 0 radical (unpaired) electrons. The molecular weight excluding hydrogens is 318 g/mol. The molecule has 1 aliphatic heterocycles. The Labute approximate surface area is 158 Å². The monoisotopic (exact) mass is 349 g/mol. The van der Waals surface area contributed by atoms with E-state index in [2.05, 4.69) is 74.3 Å². The number of hydrogen-bond acceptors (Lipinski definition) is 2. The van der Waals surface area contributed by atoms with Gasteiger partial charge in [-0.1, -0.05) is 87.0 Å². The Morgan fingerprint density at radius 1 is 1.00 bits per heavy atom. The van der Waals surface area contributed by atoms with E-state index in [1.165, 1.54) is 11.1 Å². The van der Waals surface area contributed by atoms with Crippen LogP contribution in [0.5, 0.6) is 0 Å². The maximum atomic E-state index is 11.9. The van der Waals surface area contributed by atoms with Crippen molar-refractivity contribution in [1.82, 2.24) is 5.32 Å². The lowest BCUT2D eigenvalue weighted by Crippen LogP contribution is -2.58. The second-order valence-corrected chi connectivity index (χ2v) is 7.61. The molecule has 0 bridgehead atoms. The fraction of sp³-hybridized carbons (Fsp3) is 0.417. The van der Waals surface area contributed by atoms with E-state index in [9.17, 15) is 5.11 Å². The molecule has 1 aliphatic rings. The summed E-state index contributed by atoms with van der Waals surface area (Å²) in [7, 11) is 0. The second kappa shape index (κ2) is 8.20. The predicted molar refractivity (Wildman–Crippen MR) is 109 cm³/mol. The molecule has 0 aromatic heterocycles. The van der Waals surface area contributed by atoms with Gasteiger partial charge in [0.1, 0.15) is 0 Å². The molecule has 0 saturated carbocycles. The van der Waals surface area contributed by atoms with E-state index in [0.717, 1.165) is 12.8 Å². The number of rotatable bonds is 6. The Kier molecular flexibility index (Phi) is 5.95. The standard InChI is InChI=1S/C24H31NO/c1-4-12-21-23(20-15-10-7-11-16-20)25-22(19-13-8-6-9-14-19)18(3)24(21,26)17-5-2/h5-11,13-16,18,21-23,25-26H,2,4,12,17H2,1,3H3/t18-,21-,22-,23-,24-/m0/s1. The summed E-state index contributed by atoms with van der Waals surface area (Å²) in [4.78, 5) is 0. The summed E-state index contributed by atoms with van der Waals surface area (Å²) in [6.45, 7) is 8.32. The van der Waals surface area contributed by atoms with Gasteiger partial charge in [-0.25, -0.2) is 0 Å². The van der Waals surface area contributed by atoms with E-state index in [-0.39, 0.29) is 23.9 Å². The van der Waals surface area contributed by atoms with Gasteiger partial charge in [0.2, 0.25) is 0 Å². The van der Waals surface area contributed by atoms with Gasteiger partial charge in [0, 0.05) is 23.9 Å². The molecule has 138 valence electrons. The third-order valence-corrected chi connectivity index (χ3v) is 6.08. The summed E-state index contributed by atoms with van der Waals surface area (Å²) >= 11 is 0. The molecule has 0 aliphatic carbocycles. The summed E-state index contributed by atoms with van der Waals surface area (Å²) in [6.07, 6.45) is 4.54. The first kappa shape index (κ1) is 18.9. The third kappa shape index (κ3) is 3.49. The van der Waals surface area contributed by atoms with Crippen molar-refractivity contribution in [3.63, 3.8) is 0 Å². The van der Waals surface area contributed by atoms with Crippen LogP contribution in [0, 0.1) is 11.8 Å². The fourth-order valence-electron chi connectivity index (χ4n) is 4.70. The number of piperidine rings is 1. The zero-order valence-electron chi connectivity index (χ0n) is 15.9. The number of aliphatic hydroxyl groups is 1. The highest BCUT2D eigenvalue weighted by atomic mass is 16.3. The van der Waals surface area contributed by atoms with Gasteiger partial charge >= 0.3 is 0 Å². The molecule has 0 spiro atoms. The molecule has 26 heavy (non-hydrogen) atoms. The van der Waals surface area contributed by atoms with Gasteiger partial charge in [0.15, 0.2) is 0 Å². The van der Waals surface area contributed by atoms with Crippen LogP contribution in [0.2, 0.25) is 0 Å². The van der Waals surface area contributed by atoms with Crippen LogP contribution in [0.4, 0.5) is 0 Å². The van der Waals surface area contributed by atoms with Gasteiger partial charge in [-0.15, -0.1) is 6.58 Å². The molecule has 0 unspecified atom stereocenters. The maximum Gasteiger partial charge on any atom is 0.0771 e. The van der Waals surface area contributed by atoms with Crippen LogP contribution in [-0.4, -0.2) is 10.7 Å². The molecule has 5 atom stereocenters. The summed E-state index contributed by atoms with van der Waals surface area (Å²) in [6, 6.07) is 21.3. The Balaban J connectivity index is 2.07. The molecule has 2 heteroatoms. The van der Waals surface area contributed by atoms with Gasteiger partial charge in [0.25, 0.3) is 0 Å². The number of benzene rings is 2. The van der Waals surface area contributed by atoms with Crippen molar-refractivity contribution in [2.24, 2.45) is 11.8 Å². The zero-order valence-corrected chi connectivity index (χ0v) is 15.9. The summed E-state index contributed by atoms with van der Waals surface area (Å²) < 4.78 is 0. The molecule has 2 aromatic carbocycles. The minimum absolute atomic E-state index is 0.0967. The van der Waals surface area contributed by atoms with Crippen molar-refractivity contribution in [3.05, 3.63) is 84.4 Å². The minimum atomic E-state index is -0.774. The lowest BCUT2D eigenvalue weighted by molar-refractivity contribution is -0.117. The van der Waals surface area contributed by atoms with E-state index >= 15 is 0 Å². The largest absolute Gasteiger partial charge is 0.389 e. The molecule has 1 heterocycles. The Bertz CT molecular complexity index is 699. The van der Waals surface area contributed by atoms with E-state index in [0.29, 0.717) is 6.42 Å². The highest BCUT2D eigenvalue weighted by molar-refractivity contribution is 5.28. The Morgan fingerprint density at radius 3 is 2.04 bits per heavy atom. The smallest absolute Gasteiger partial charge is 0.0771 e. The number of nitrogens with one attached hydrogen (secondary N) is 1. The molecule has 2 N–H and O–H groups in total. The lowest BCUT2D eigenvalue weighted by atomic mass is 9.63. The van der Waals surface area contributed by atoms with Gasteiger partial charge in [-0.3, -0.25) is 0 Å². The van der Waals surface area contributed by atoms with Crippen LogP contribution >= 0.6 is 0 Å².